The number of nitrogens with one attached hydrogen (secondary N) is 2. The number of rotatable bonds is 7. The van der Waals surface area contributed by atoms with Crippen molar-refractivity contribution in [3.63, 3.8) is 0 Å². The summed E-state index contributed by atoms with van der Waals surface area (Å²) in [5, 5.41) is 15.3. The molecular formula is C22H24N2O6. The molecule has 8 heteroatoms. The van der Waals surface area contributed by atoms with E-state index in [0.29, 0.717) is 23.6 Å². The molecule has 3 N–H and O–H groups in total. The fourth-order valence-electron chi connectivity index (χ4n) is 3.14. The first-order chi connectivity index (χ1) is 14.4. The minimum atomic E-state index is -0.748. The van der Waals surface area contributed by atoms with Crippen molar-refractivity contribution in [3.8, 4) is 17.2 Å². The van der Waals surface area contributed by atoms with E-state index in [1.54, 1.807) is 57.4 Å². The minimum absolute atomic E-state index is 0.0230. The number of benzene rings is 2. The van der Waals surface area contributed by atoms with Crippen molar-refractivity contribution in [3.05, 3.63) is 64.9 Å². The first-order valence-corrected chi connectivity index (χ1v) is 9.47. The Morgan fingerprint density at radius 3 is 2.57 bits per heavy atom. The molecule has 2 aromatic carbocycles. The second-order valence-corrected chi connectivity index (χ2v) is 6.65. The van der Waals surface area contributed by atoms with E-state index in [4.69, 9.17) is 14.2 Å². The molecule has 0 fully saturated rings. The van der Waals surface area contributed by atoms with E-state index in [-0.39, 0.29) is 23.7 Å². The lowest BCUT2D eigenvalue weighted by Gasteiger charge is -2.28. The van der Waals surface area contributed by atoms with Gasteiger partial charge in [-0.2, -0.15) is 0 Å². The Bertz CT molecular complexity index is 968. The number of aromatic hydroxyl groups is 1. The molecule has 2 amide bonds. The lowest BCUT2D eigenvalue weighted by Crippen LogP contribution is -2.45. The van der Waals surface area contributed by atoms with E-state index in [1.165, 1.54) is 6.07 Å². The van der Waals surface area contributed by atoms with Gasteiger partial charge in [0.25, 0.3) is 0 Å². The Hall–Kier alpha value is -3.68. The molecule has 1 atom stereocenters. The number of hydrogen-bond donors (Lipinski definition) is 3. The van der Waals surface area contributed by atoms with E-state index >= 15 is 0 Å². The third kappa shape index (κ3) is 4.65. The summed E-state index contributed by atoms with van der Waals surface area (Å²) in [4.78, 5) is 24.9. The van der Waals surface area contributed by atoms with Gasteiger partial charge in [-0.15, -0.1) is 0 Å². The number of methoxy groups -OCH3 is 1. The zero-order valence-electron chi connectivity index (χ0n) is 17.0. The normalized spacial score (nSPS) is 15.8. The van der Waals surface area contributed by atoms with Crippen LogP contribution in [0.4, 0.5) is 4.79 Å². The van der Waals surface area contributed by atoms with Gasteiger partial charge in [-0.1, -0.05) is 18.2 Å². The van der Waals surface area contributed by atoms with Crippen molar-refractivity contribution in [2.75, 3.05) is 13.7 Å². The van der Waals surface area contributed by atoms with Gasteiger partial charge in [-0.3, -0.25) is 0 Å². The number of hydrogen-bond acceptors (Lipinski definition) is 6. The van der Waals surface area contributed by atoms with Crippen LogP contribution in [-0.2, 0) is 16.1 Å². The number of carbonyl (C=O) groups is 2. The quantitative estimate of drug-likeness (QED) is 0.603. The van der Waals surface area contributed by atoms with Crippen molar-refractivity contribution in [1.82, 2.24) is 10.6 Å². The van der Waals surface area contributed by atoms with Gasteiger partial charge in [-0.25, -0.2) is 9.59 Å². The zero-order valence-corrected chi connectivity index (χ0v) is 17.0. The highest BCUT2D eigenvalue weighted by atomic mass is 16.5. The fourth-order valence-corrected chi connectivity index (χ4v) is 3.14. The molecule has 1 aliphatic heterocycles. The Labute approximate surface area is 174 Å². The van der Waals surface area contributed by atoms with Crippen LogP contribution in [0.1, 0.15) is 31.0 Å². The number of carbonyl (C=O) groups excluding carboxylic acids is 2. The molecule has 1 aliphatic rings. The molecule has 0 saturated heterocycles. The highest BCUT2D eigenvalue weighted by Crippen LogP contribution is 2.34. The van der Waals surface area contributed by atoms with E-state index < -0.39 is 18.0 Å². The van der Waals surface area contributed by atoms with Crippen LogP contribution < -0.4 is 20.1 Å². The predicted molar refractivity (Wildman–Crippen MR) is 109 cm³/mol. The fraction of sp³-hybridized carbons (Fsp3) is 0.273. The lowest BCUT2D eigenvalue weighted by molar-refractivity contribution is -0.140. The van der Waals surface area contributed by atoms with Crippen molar-refractivity contribution in [2.24, 2.45) is 0 Å². The predicted octanol–water partition coefficient (Wildman–Crippen LogP) is 3.17. The number of phenolic OH excluding ortho intramolecular Hbond substituents is 1. The molecule has 2 aromatic rings. The molecule has 1 unspecified atom stereocenters. The van der Waals surface area contributed by atoms with E-state index in [1.807, 2.05) is 0 Å². The van der Waals surface area contributed by atoms with Crippen LogP contribution >= 0.6 is 0 Å². The Balaban J connectivity index is 1.84. The van der Waals surface area contributed by atoms with Gasteiger partial charge in [-0.05, 0) is 49.2 Å². The first kappa shape index (κ1) is 21.0. The summed E-state index contributed by atoms with van der Waals surface area (Å²) < 4.78 is 16.0. The summed E-state index contributed by atoms with van der Waals surface area (Å²) in [7, 11) is 1.58. The van der Waals surface area contributed by atoms with Crippen LogP contribution in [0.25, 0.3) is 0 Å². The smallest absolute Gasteiger partial charge is 0.338 e. The number of esters is 1. The average Bonchev–Trinajstić information content (AvgIpc) is 2.73. The summed E-state index contributed by atoms with van der Waals surface area (Å²) in [6.07, 6.45) is 0. The first-order valence-electron chi connectivity index (χ1n) is 9.47. The van der Waals surface area contributed by atoms with Gasteiger partial charge in [0.2, 0.25) is 0 Å². The molecular weight excluding hydrogens is 388 g/mol. The van der Waals surface area contributed by atoms with Crippen LogP contribution in [0.3, 0.4) is 0 Å². The molecule has 158 valence electrons. The van der Waals surface area contributed by atoms with Crippen LogP contribution in [-0.4, -0.2) is 30.8 Å². The van der Waals surface area contributed by atoms with Crippen LogP contribution in [0.15, 0.2) is 53.7 Å². The van der Waals surface area contributed by atoms with Crippen molar-refractivity contribution >= 4 is 12.0 Å². The molecule has 3 rings (SSSR count). The summed E-state index contributed by atoms with van der Waals surface area (Å²) in [5.41, 5.74) is 2.06. The van der Waals surface area contributed by atoms with Gasteiger partial charge in [0.15, 0.2) is 11.5 Å². The average molecular weight is 412 g/mol. The van der Waals surface area contributed by atoms with Crippen molar-refractivity contribution < 1.29 is 28.9 Å². The number of ether oxygens (including phenoxy) is 3. The summed E-state index contributed by atoms with van der Waals surface area (Å²) in [6.45, 7) is 3.87. The van der Waals surface area contributed by atoms with Gasteiger partial charge in [0, 0.05) is 5.70 Å². The molecule has 30 heavy (non-hydrogen) atoms. The molecule has 8 nitrogen and oxygen atoms in total. The maximum absolute atomic E-state index is 12.9. The Kier molecular flexibility index (Phi) is 6.46. The van der Waals surface area contributed by atoms with Gasteiger partial charge in [0.05, 0.1) is 25.3 Å². The topological polar surface area (TPSA) is 106 Å². The summed E-state index contributed by atoms with van der Waals surface area (Å²) in [5.74, 6) is 0.392. The van der Waals surface area contributed by atoms with Gasteiger partial charge in [0.1, 0.15) is 12.4 Å². The van der Waals surface area contributed by atoms with E-state index in [2.05, 4.69) is 10.6 Å². The molecule has 0 saturated carbocycles. The van der Waals surface area contributed by atoms with Crippen molar-refractivity contribution in [2.45, 2.75) is 26.5 Å². The Morgan fingerprint density at radius 1 is 1.17 bits per heavy atom. The Morgan fingerprint density at radius 2 is 1.90 bits per heavy atom. The standard InChI is InChI=1S/C22H24N2O6/c1-4-29-18-11-15(7-10-17(18)25)20-19(13(2)23-22(27)24-20)21(26)30-12-14-5-8-16(28-3)9-6-14/h5-11,20,25H,4,12H2,1-3H3,(H2,23,24,27). The van der Waals surface area contributed by atoms with Crippen LogP contribution in [0.5, 0.6) is 17.2 Å². The largest absolute Gasteiger partial charge is 0.504 e. The number of allylic oxidation sites excluding steroid dienone is 1. The number of phenols is 1. The molecule has 0 bridgehead atoms. The zero-order chi connectivity index (χ0) is 21.7. The second kappa shape index (κ2) is 9.21. The third-order valence-electron chi connectivity index (χ3n) is 4.64. The van der Waals surface area contributed by atoms with Crippen molar-refractivity contribution in [1.29, 1.82) is 0 Å². The lowest BCUT2D eigenvalue weighted by atomic mass is 9.95. The molecule has 0 aliphatic carbocycles. The summed E-state index contributed by atoms with van der Waals surface area (Å²) >= 11 is 0. The highest BCUT2D eigenvalue weighted by molar-refractivity contribution is 5.95. The molecule has 0 aromatic heterocycles. The maximum Gasteiger partial charge on any atom is 0.338 e. The van der Waals surface area contributed by atoms with E-state index in [9.17, 15) is 14.7 Å². The molecule has 0 radical (unpaired) electrons. The van der Waals surface area contributed by atoms with Crippen LogP contribution in [0, 0.1) is 0 Å². The molecule has 0 spiro atoms. The minimum Gasteiger partial charge on any atom is -0.504 e. The molecule has 1 heterocycles. The van der Waals surface area contributed by atoms with Gasteiger partial charge >= 0.3 is 12.0 Å². The maximum atomic E-state index is 12.9. The third-order valence-corrected chi connectivity index (χ3v) is 4.64. The second-order valence-electron chi connectivity index (χ2n) is 6.65. The van der Waals surface area contributed by atoms with Gasteiger partial charge < -0.3 is 30.0 Å². The van der Waals surface area contributed by atoms with Crippen LogP contribution in [0.2, 0.25) is 0 Å². The monoisotopic (exact) mass is 412 g/mol. The number of urea groups is 1. The van der Waals surface area contributed by atoms with E-state index in [0.717, 1.165) is 5.56 Å². The SMILES string of the molecule is CCOc1cc(C2NC(=O)NC(C)=C2C(=O)OCc2ccc(OC)cc2)ccc1O. The number of amides is 2. The highest BCUT2D eigenvalue weighted by Gasteiger charge is 2.32. The summed E-state index contributed by atoms with van der Waals surface area (Å²) in [6, 6.07) is 10.7.